The Morgan fingerprint density at radius 1 is 0.804 bits per heavy atom. The summed E-state index contributed by atoms with van der Waals surface area (Å²) in [5.74, 6) is -8.41. The molecule has 2 aliphatic carbocycles. The second kappa shape index (κ2) is 13.7. The minimum Gasteiger partial charge on any atom is -0.356 e. The van der Waals surface area contributed by atoms with E-state index in [0.717, 1.165) is 30.3 Å². The van der Waals surface area contributed by atoms with Crippen LogP contribution in [0.1, 0.15) is 55.2 Å². The number of sulfone groups is 1. The van der Waals surface area contributed by atoms with E-state index in [4.69, 9.17) is 0 Å². The highest BCUT2D eigenvalue weighted by Gasteiger charge is 2.73. The quantitative estimate of drug-likeness (QED) is 0.166. The molecule has 278 valence electrons. The Morgan fingerprint density at radius 3 is 1.84 bits per heavy atom. The summed E-state index contributed by atoms with van der Waals surface area (Å²) in [6.07, 6.45) is -13.9. The van der Waals surface area contributed by atoms with E-state index in [1.807, 2.05) is 0 Å². The Kier molecular flexibility index (Phi) is 10.3. The van der Waals surface area contributed by atoms with Crippen molar-refractivity contribution in [3.8, 4) is 0 Å². The van der Waals surface area contributed by atoms with Crippen molar-refractivity contribution in [3.63, 3.8) is 0 Å². The molecule has 0 atom stereocenters. The van der Waals surface area contributed by atoms with Gasteiger partial charge in [0, 0.05) is 36.4 Å². The van der Waals surface area contributed by atoms with Crippen LogP contribution in [0.2, 0.25) is 0 Å². The van der Waals surface area contributed by atoms with Crippen molar-refractivity contribution >= 4 is 15.7 Å². The molecule has 1 amide bonds. The predicted molar refractivity (Wildman–Crippen MR) is 159 cm³/mol. The zero-order valence-corrected chi connectivity index (χ0v) is 27.2. The van der Waals surface area contributed by atoms with E-state index in [2.05, 4.69) is 10.1 Å². The Morgan fingerprint density at radius 2 is 1.33 bits per heavy atom. The van der Waals surface area contributed by atoms with Gasteiger partial charge in [-0.1, -0.05) is 30.3 Å². The van der Waals surface area contributed by atoms with Crippen molar-refractivity contribution in [3.05, 3.63) is 101 Å². The fraction of sp³-hybridized carbons (Fsp3) is 0.441. The molecule has 0 saturated heterocycles. The van der Waals surface area contributed by atoms with Gasteiger partial charge in [-0.2, -0.15) is 26.3 Å². The second-order valence-corrected chi connectivity index (χ2v) is 15.1. The molecular weight excluding hydrogens is 727 g/mol. The first kappa shape index (κ1) is 38.5. The van der Waals surface area contributed by atoms with Crippen LogP contribution >= 0.6 is 0 Å². The molecule has 51 heavy (non-hydrogen) atoms. The van der Waals surface area contributed by atoms with E-state index >= 15 is 0 Å². The number of amides is 1. The topological polar surface area (TPSA) is 72.5 Å². The summed E-state index contributed by atoms with van der Waals surface area (Å²) in [7, 11) is -4.60. The molecule has 0 unspecified atom stereocenters. The number of carbonyl (C=O) groups excluding carboxylic acids is 1. The molecule has 5 nitrogen and oxygen atoms in total. The SMILES string of the molecule is O=C(NCC1CCC(F)(F)CC1)[C@H]1C[C@@](c2ccc(C(OCc3c(F)cccc3F)(C(F)(F)F)C(F)(F)F)cc2)(S(=O)(=O)c2ccc(F)cc2)C1. The molecule has 1 N–H and O–H groups in total. The van der Waals surface area contributed by atoms with Crippen molar-refractivity contribution in [2.24, 2.45) is 11.8 Å². The lowest BCUT2D eigenvalue weighted by Gasteiger charge is -2.46. The smallest absolute Gasteiger partial charge is 0.356 e. The largest absolute Gasteiger partial charge is 0.430 e. The molecule has 2 saturated carbocycles. The fourth-order valence-electron chi connectivity index (χ4n) is 6.66. The van der Waals surface area contributed by atoms with Gasteiger partial charge in [-0.25, -0.2) is 30.4 Å². The van der Waals surface area contributed by atoms with Crippen LogP contribution in [0.25, 0.3) is 0 Å². The fourth-order valence-corrected chi connectivity index (χ4v) is 8.89. The van der Waals surface area contributed by atoms with Gasteiger partial charge in [-0.05, 0) is 73.6 Å². The lowest BCUT2D eigenvalue weighted by molar-refractivity contribution is -0.392. The number of benzene rings is 3. The number of halogens is 11. The highest BCUT2D eigenvalue weighted by atomic mass is 32.2. The number of nitrogens with one attached hydrogen (secondary N) is 1. The first-order chi connectivity index (χ1) is 23.6. The van der Waals surface area contributed by atoms with Crippen LogP contribution in [0.3, 0.4) is 0 Å². The molecule has 0 aromatic heterocycles. The summed E-state index contributed by atoms with van der Waals surface area (Å²) in [4.78, 5) is 12.6. The van der Waals surface area contributed by atoms with Gasteiger partial charge in [-0.15, -0.1) is 0 Å². The van der Waals surface area contributed by atoms with Crippen LogP contribution in [0, 0.1) is 29.3 Å². The summed E-state index contributed by atoms with van der Waals surface area (Å²) in [5, 5.41) is 2.62. The molecule has 17 heteroatoms. The molecule has 5 rings (SSSR count). The predicted octanol–water partition coefficient (Wildman–Crippen LogP) is 8.66. The molecular formula is C34H30F11NO4S. The van der Waals surface area contributed by atoms with E-state index < -0.39 is 103 Å². The zero-order valence-electron chi connectivity index (χ0n) is 26.4. The maximum atomic E-state index is 14.5. The molecule has 0 heterocycles. The van der Waals surface area contributed by atoms with Crippen LogP contribution in [-0.4, -0.2) is 39.1 Å². The van der Waals surface area contributed by atoms with E-state index in [0.29, 0.717) is 36.4 Å². The number of alkyl halides is 8. The van der Waals surface area contributed by atoms with Crippen molar-refractivity contribution in [1.29, 1.82) is 0 Å². The first-order valence-electron chi connectivity index (χ1n) is 15.6. The van der Waals surface area contributed by atoms with Crippen molar-refractivity contribution in [1.82, 2.24) is 5.32 Å². The molecule has 3 aromatic rings. The van der Waals surface area contributed by atoms with Crippen LogP contribution in [-0.2, 0) is 36.3 Å². The van der Waals surface area contributed by atoms with Crippen LogP contribution in [0.15, 0.2) is 71.6 Å². The molecule has 3 aromatic carbocycles. The summed E-state index contributed by atoms with van der Waals surface area (Å²) in [6.45, 7) is -1.76. The molecule has 2 aliphatic rings. The van der Waals surface area contributed by atoms with E-state index in [9.17, 15) is 61.5 Å². The lowest BCUT2D eigenvalue weighted by Crippen LogP contribution is -2.56. The van der Waals surface area contributed by atoms with Crippen LogP contribution < -0.4 is 5.32 Å². The zero-order chi connectivity index (χ0) is 37.6. The third kappa shape index (κ3) is 7.19. The minimum atomic E-state index is -6.25. The molecule has 0 spiro atoms. The third-order valence-electron chi connectivity index (χ3n) is 9.67. The van der Waals surface area contributed by atoms with Crippen molar-refractivity contribution in [2.75, 3.05) is 6.54 Å². The Hall–Kier alpha value is -3.73. The number of carbonyl (C=O) groups is 1. The summed E-state index contributed by atoms with van der Waals surface area (Å²) in [5.41, 5.74) is -8.20. The Labute approximate surface area is 285 Å². The average molecular weight is 758 g/mol. The highest BCUT2D eigenvalue weighted by Crippen LogP contribution is 2.56. The molecule has 0 aliphatic heterocycles. The van der Waals surface area contributed by atoms with Gasteiger partial charge in [-0.3, -0.25) is 4.79 Å². The van der Waals surface area contributed by atoms with Gasteiger partial charge in [0.25, 0.3) is 5.60 Å². The van der Waals surface area contributed by atoms with E-state index in [1.54, 1.807) is 0 Å². The minimum absolute atomic E-state index is 0.0333. The van der Waals surface area contributed by atoms with Gasteiger partial charge in [0.05, 0.1) is 11.5 Å². The standard InChI is InChI=1S/C34H30F11NO4S/c35-24-8-10-25(11-9-24)51(48,49)30(16-21(17-30)29(47)46-18-20-12-14-31(38,39)15-13-20)22-4-6-23(7-5-22)32(33(40,41)42,34(43,44)45)50-19-26-27(36)2-1-3-28(26)37/h1-11,20-21H,12-19H2,(H,46,47)/t21-,30+. The summed E-state index contributed by atoms with van der Waals surface area (Å²) in [6, 6.07) is 7.64. The number of ether oxygens (including phenoxy) is 1. The average Bonchev–Trinajstić information content (AvgIpc) is 3.01. The maximum Gasteiger partial charge on any atom is 0.430 e. The molecule has 0 bridgehead atoms. The third-order valence-corrected chi connectivity index (χ3v) is 12.2. The van der Waals surface area contributed by atoms with Crippen LogP contribution in [0.4, 0.5) is 48.3 Å². The van der Waals surface area contributed by atoms with Gasteiger partial charge in [0.1, 0.15) is 22.2 Å². The Balaban J connectivity index is 1.48. The lowest BCUT2D eigenvalue weighted by atomic mass is 9.69. The molecule has 2 fully saturated rings. The maximum absolute atomic E-state index is 14.5. The molecule has 0 radical (unpaired) electrons. The van der Waals surface area contributed by atoms with Crippen LogP contribution in [0.5, 0.6) is 0 Å². The van der Waals surface area contributed by atoms with Crippen molar-refractivity contribution in [2.45, 2.75) is 78.7 Å². The van der Waals surface area contributed by atoms with Gasteiger partial charge in [0.2, 0.25) is 11.8 Å². The van der Waals surface area contributed by atoms with Gasteiger partial charge < -0.3 is 10.1 Å². The number of hydrogen-bond acceptors (Lipinski definition) is 4. The second-order valence-electron chi connectivity index (χ2n) is 12.8. The number of hydrogen-bond donors (Lipinski definition) is 1. The van der Waals surface area contributed by atoms with E-state index in [1.165, 1.54) is 0 Å². The Bertz CT molecular complexity index is 1790. The monoisotopic (exact) mass is 757 g/mol. The summed E-state index contributed by atoms with van der Waals surface area (Å²) < 4.78 is 186. The van der Waals surface area contributed by atoms with Gasteiger partial charge >= 0.3 is 12.4 Å². The van der Waals surface area contributed by atoms with Gasteiger partial charge in [0.15, 0.2) is 9.84 Å². The number of rotatable bonds is 10. The van der Waals surface area contributed by atoms with E-state index in [-0.39, 0.29) is 43.7 Å². The highest BCUT2D eigenvalue weighted by molar-refractivity contribution is 7.92. The summed E-state index contributed by atoms with van der Waals surface area (Å²) >= 11 is 0. The van der Waals surface area contributed by atoms with Crippen molar-refractivity contribution < 1.29 is 66.2 Å². The normalized spacial score (nSPS) is 21.6. The first-order valence-corrected chi connectivity index (χ1v) is 17.1.